The molecular formula is C15H22N4O4S. The number of fused-ring (bicyclic) bond motifs is 1. The van der Waals surface area contributed by atoms with Gasteiger partial charge in [0.1, 0.15) is 16.5 Å². The van der Waals surface area contributed by atoms with Crippen LogP contribution >= 0.6 is 11.3 Å². The van der Waals surface area contributed by atoms with Gasteiger partial charge in [-0.25, -0.2) is 9.78 Å². The van der Waals surface area contributed by atoms with Gasteiger partial charge in [-0.3, -0.25) is 9.59 Å². The number of carbonyl (C=O) groups excluding carboxylic acids is 3. The molecule has 2 rings (SSSR count). The number of alkyl carbamates (subject to hydrolysis) is 1. The molecule has 8 nitrogen and oxygen atoms in total. The lowest BCUT2D eigenvalue weighted by Gasteiger charge is -2.21. The van der Waals surface area contributed by atoms with Crippen LogP contribution in [-0.4, -0.2) is 41.1 Å². The van der Waals surface area contributed by atoms with E-state index in [1.807, 2.05) is 0 Å². The van der Waals surface area contributed by atoms with Gasteiger partial charge in [-0.1, -0.05) is 11.3 Å². The number of ether oxygens (including phenoxy) is 1. The minimum absolute atomic E-state index is 0.166. The summed E-state index contributed by atoms with van der Waals surface area (Å²) in [5, 5.41) is 8.22. The van der Waals surface area contributed by atoms with E-state index < -0.39 is 23.6 Å². The van der Waals surface area contributed by atoms with Crippen molar-refractivity contribution in [2.45, 2.75) is 52.2 Å². The molecule has 9 heteroatoms. The average molecular weight is 354 g/mol. The Balaban J connectivity index is 1.96. The Labute approximate surface area is 144 Å². The molecule has 0 radical (unpaired) electrons. The summed E-state index contributed by atoms with van der Waals surface area (Å²) in [7, 11) is 0. The van der Waals surface area contributed by atoms with Crippen LogP contribution in [0, 0.1) is 0 Å². The van der Waals surface area contributed by atoms with Crippen molar-refractivity contribution in [2.24, 2.45) is 0 Å². The van der Waals surface area contributed by atoms with Gasteiger partial charge < -0.3 is 20.7 Å². The van der Waals surface area contributed by atoms with Crippen LogP contribution in [0.1, 0.15) is 49.5 Å². The van der Waals surface area contributed by atoms with Crippen molar-refractivity contribution < 1.29 is 19.1 Å². The Kier molecular flexibility index (Phi) is 5.43. The fourth-order valence-corrected chi connectivity index (χ4v) is 2.98. The fraction of sp³-hybridized carbons (Fsp3) is 0.600. The van der Waals surface area contributed by atoms with Crippen LogP contribution in [0.5, 0.6) is 0 Å². The summed E-state index contributed by atoms with van der Waals surface area (Å²) in [6, 6.07) is -0.794. The number of aromatic nitrogens is 1. The molecule has 0 bridgehead atoms. The zero-order valence-electron chi connectivity index (χ0n) is 14.2. The van der Waals surface area contributed by atoms with Crippen molar-refractivity contribution in [1.82, 2.24) is 15.6 Å². The highest BCUT2D eigenvalue weighted by Gasteiger charge is 2.24. The standard InChI is InChI=1S/C15H22N4O4S/c1-8(17-14(22)23-15(2,3)4)11(20)19-13-18-9-6-5-7-16-12(21)10(9)24-13/h8H,5-7H2,1-4H3,(H,16,21)(H,17,22)(H,18,19,20)/t8-/m0/s1. The molecular weight excluding hydrogens is 332 g/mol. The molecule has 0 aliphatic carbocycles. The second-order valence-corrected chi connectivity index (χ2v) is 7.51. The third kappa shape index (κ3) is 4.92. The van der Waals surface area contributed by atoms with Crippen LogP contribution in [0.4, 0.5) is 9.93 Å². The lowest BCUT2D eigenvalue weighted by atomic mass is 10.2. The molecule has 0 spiro atoms. The van der Waals surface area contributed by atoms with Gasteiger partial charge in [0.25, 0.3) is 5.91 Å². The average Bonchev–Trinajstić information content (AvgIpc) is 2.76. The lowest BCUT2D eigenvalue weighted by molar-refractivity contribution is -0.117. The minimum atomic E-state index is -0.794. The van der Waals surface area contributed by atoms with Crippen molar-refractivity contribution >= 4 is 34.4 Å². The van der Waals surface area contributed by atoms with Crippen LogP contribution < -0.4 is 16.0 Å². The molecule has 0 fully saturated rings. The van der Waals surface area contributed by atoms with E-state index in [2.05, 4.69) is 20.9 Å². The maximum Gasteiger partial charge on any atom is 0.408 e. The first kappa shape index (κ1) is 18.2. The molecule has 132 valence electrons. The van der Waals surface area contributed by atoms with Gasteiger partial charge in [0, 0.05) is 6.54 Å². The topological polar surface area (TPSA) is 109 Å². The van der Waals surface area contributed by atoms with E-state index in [0.29, 0.717) is 28.7 Å². The molecule has 1 aromatic rings. The number of aryl methyl sites for hydroxylation is 1. The van der Waals surface area contributed by atoms with Gasteiger partial charge in [-0.15, -0.1) is 0 Å². The molecule has 3 amide bonds. The van der Waals surface area contributed by atoms with Crippen LogP contribution in [0.15, 0.2) is 0 Å². The SMILES string of the molecule is C[C@H](NC(=O)OC(C)(C)C)C(=O)Nc1nc2c(s1)C(=O)NCCC2. The quantitative estimate of drug-likeness (QED) is 0.765. The van der Waals surface area contributed by atoms with Crippen LogP contribution in [0.3, 0.4) is 0 Å². The van der Waals surface area contributed by atoms with E-state index in [1.165, 1.54) is 0 Å². The molecule has 1 aliphatic heterocycles. The van der Waals surface area contributed by atoms with E-state index >= 15 is 0 Å². The maximum absolute atomic E-state index is 12.2. The first-order valence-electron chi connectivity index (χ1n) is 7.74. The van der Waals surface area contributed by atoms with E-state index in [0.717, 1.165) is 17.8 Å². The summed E-state index contributed by atoms with van der Waals surface area (Å²) in [5.41, 5.74) is 0.0543. The molecule has 2 heterocycles. The predicted molar refractivity (Wildman–Crippen MR) is 90.2 cm³/mol. The number of hydrogen-bond donors (Lipinski definition) is 3. The summed E-state index contributed by atoms with van der Waals surface area (Å²) in [6.07, 6.45) is 0.831. The molecule has 0 saturated heterocycles. The monoisotopic (exact) mass is 354 g/mol. The predicted octanol–water partition coefficient (Wildman–Crippen LogP) is 1.67. The zero-order valence-corrected chi connectivity index (χ0v) is 15.0. The molecule has 1 atom stereocenters. The number of amides is 3. The largest absolute Gasteiger partial charge is 0.444 e. The molecule has 24 heavy (non-hydrogen) atoms. The van der Waals surface area contributed by atoms with Crippen molar-refractivity contribution in [3.05, 3.63) is 10.6 Å². The number of anilines is 1. The second kappa shape index (κ2) is 7.16. The highest BCUT2D eigenvalue weighted by atomic mass is 32.1. The Morgan fingerprint density at radius 1 is 1.38 bits per heavy atom. The molecule has 0 unspecified atom stereocenters. The van der Waals surface area contributed by atoms with E-state index in [1.54, 1.807) is 27.7 Å². The number of hydrogen-bond acceptors (Lipinski definition) is 6. The van der Waals surface area contributed by atoms with Gasteiger partial charge >= 0.3 is 6.09 Å². The normalized spacial score (nSPS) is 15.6. The molecule has 3 N–H and O–H groups in total. The fourth-order valence-electron chi connectivity index (χ4n) is 2.05. The second-order valence-electron chi connectivity index (χ2n) is 6.51. The van der Waals surface area contributed by atoms with Gasteiger partial charge in [0.15, 0.2) is 5.13 Å². The summed E-state index contributed by atoms with van der Waals surface area (Å²) < 4.78 is 5.11. The lowest BCUT2D eigenvalue weighted by Crippen LogP contribution is -2.43. The van der Waals surface area contributed by atoms with Crippen molar-refractivity contribution in [2.75, 3.05) is 11.9 Å². The third-order valence-electron chi connectivity index (χ3n) is 3.14. The summed E-state index contributed by atoms with van der Waals surface area (Å²) in [4.78, 5) is 40.6. The summed E-state index contributed by atoms with van der Waals surface area (Å²) in [5.74, 6) is -0.592. The number of nitrogens with zero attached hydrogens (tertiary/aromatic N) is 1. The van der Waals surface area contributed by atoms with Crippen molar-refractivity contribution in [1.29, 1.82) is 0 Å². The van der Waals surface area contributed by atoms with Crippen molar-refractivity contribution in [3.8, 4) is 0 Å². The Hall–Kier alpha value is -2.16. The van der Waals surface area contributed by atoms with E-state index in [-0.39, 0.29) is 5.91 Å². The zero-order chi connectivity index (χ0) is 17.9. The van der Waals surface area contributed by atoms with Crippen molar-refractivity contribution in [3.63, 3.8) is 0 Å². The van der Waals surface area contributed by atoms with Gasteiger partial charge in [0.2, 0.25) is 5.91 Å². The van der Waals surface area contributed by atoms with Gasteiger partial charge in [0.05, 0.1) is 5.69 Å². The molecule has 1 aromatic heterocycles. The molecule has 0 saturated carbocycles. The smallest absolute Gasteiger partial charge is 0.408 e. The highest BCUT2D eigenvalue weighted by Crippen LogP contribution is 2.25. The first-order valence-corrected chi connectivity index (χ1v) is 8.55. The third-order valence-corrected chi connectivity index (χ3v) is 4.15. The van der Waals surface area contributed by atoms with Gasteiger partial charge in [-0.05, 0) is 40.5 Å². The first-order chi connectivity index (χ1) is 11.2. The summed E-state index contributed by atoms with van der Waals surface area (Å²) in [6.45, 7) is 7.39. The minimum Gasteiger partial charge on any atom is -0.444 e. The summed E-state index contributed by atoms with van der Waals surface area (Å²) >= 11 is 1.13. The molecule has 0 aromatic carbocycles. The number of thiazole rings is 1. The van der Waals surface area contributed by atoms with Crippen LogP contribution in [0.2, 0.25) is 0 Å². The Bertz CT molecular complexity index is 650. The van der Waals surface area contributed by atoms with Gasteiger partial charge in [-0.2, -0.15) is 0 Å². The highest BCUT2D eigenvalue weighted by molar-refractivity contribution is 7.17. The number of carbonyl (C=O) groups is 3. The van der Waals surface area contributed by atoms with E-state index in [4.69, 9.17) is 4.74 Å². The number of rotatable bonds is 3. The van der Waals surface area contributed by atoms with Crippen LogP contribution in [0.25, 0.3) is 0 Å². The Morgan fingerprint density at radius 3 is 2.75 bits per heavy atom. The Morgan fingerprint density at radius 2 is 2.08 bits per heavy atom. The van der Waals surface area contributed by atoms with Crippen LogP contribution in [-0.2, 0) is 16.0 Å². The maximum atomic E-state index is 12.2. The molecule has 1 aliphatic rings. The number of nitrogens with one attached hydrogen (secondary N) is 3. The van der Waals surface area contributed by atoms with E-state index in [9.17, 15) is 14.4 Å².